The fraction of sp³-hybridized carbons (Fsp3) is 0.500. The third-order valence-electron chi connectivity index (χ3n) is 3.63. The molecule has 0 amide bonds. The predicted molar refractivity (Wildman–Crippen MR) is 91.5 cm³/mol. The van der Waals surface area contributed by atoms with Crippen molar-refractivity contribution in [2.24, 2.45) is 5.92 Å². The van der Waals surface area contributed by atoms with E-state index in [2.05, 4.69) is 15.0 Å². The van der Waals surface area contributed by atoms with Gasteiger partial charge in [0.25, 0.3) is 0 Å². The van der Waals surface area contributed by atoms with Crippen molar-refractivity contribution in [3.8, 4) is 11.8 Å². The lowest BCUT2D eigenvalue weighted by molar-refractivity contribution is 0.305. The van der Waals surface area contributed by atoms with E-state index in [1.807, 2.05) is 6.07 Å². The summed E-state index contributed by atoms with van der Waals surface area (Å²) < 4.78 is 34.6. The molecule has 2 rings (SSSR count). The summed E-state index contributed by atoms with van der Waals surface area (Å²) in [5.74, 6) is 0.134. The Balaban J connectivity index is 2.26. The molecule has 0 radical (unpaired) electrons. The lowest BCUT2D eigenvalue weighted by Crippen LogP contribution is -2.38. The largest absolute Gasteiger partial charge is 0.497 e. The molecule has 1 aromatic rings. The minimum absolute atomic E-state index is 0.508. The van der Waals surface area contributed by atoms with Gasteiger partial charge in [0, 0.05) is 0 Å². The Morgan fingerprint density at radius 3 is 2.71 bits per heavy atom. The van der Waals surface area contributed by atoms with Crippen LogP contribution in [0.15, 0.2) is 18.2 Å². The minimum Gasteiger partial charge on any atom is -0.497 e. The predicted octanol–water partition coefficient (Wildman–Crippen LogP) is 3.04. The molecule has 0 unspecified atom stereocenters. The Kier molecular flexibility index (Phi) is 6.24. The van der Waals surface area contributed by atoms with Crippen LogP contribution in [0, 0.1) is 17.2 Å². The second-order valence-corrected chi connectivity index (χ2v) is 9.16. The average Bonchev–Trinajstić information content (AvgIpc) is 2.52. The van der Waals surface area contributed by atoms with Gasteiger partial charge < -0.3 is 4.74 Å². The first-order valence-electron chi connectivity index (χ1n) is 6.95. The molecular formula is C14H15Cl3N2O4S. The zero-order valence-corrected chi connectivity index (χ0v) is 15.7. The summed E-state index contributed by atoms with van der Waals surface area (Å²) >= 11 is 16.5. The fourth-order valence-electron chi connectivity index (χ4n) is 2.54. The number of hydrogen-bond acceptors (Lipinski definition) is 5. The highest BCUT2D eigenvalue weighted by Crippen LogP contribution is 2.36. The molecule has 1 N–H and O–H groups in total. The number of methoxy groups -OCH3 is 1. The van der Waals surface area contributed by atoms with Gasteiger partial charge in [-0.3, -0.25) is 4.18 Å². The van der Waals surface area contributed by atoms with E-state index in [1.165, 1.54) is 0 Å². The Bertz CT molecular complexity index is 743. The molecule has 0 heterocycles. The molecule has 0 fully saturated rings. The zero-order valence-electron chi connectivity index (χ0n) is 12.6. The number of alkyl halides is 3. The molecule has 0 saturated carbocycles. The number of halogens is 3. The van der Waals surface area contributed by atoms with Crippen LogP contribution in [0.2, 0.25) is 0 Å². The van der Waals surface area contributed by atoms with Crippen LogP contribution < -0.4 is 9.46 Å². The molecule has 1 aliphatic rings. The van der Waals surface area contributed by atoms with Gasteiger partial charge in [-0.25, -0.2) is 0 Å². The Morgan fingerprint density at radius 2 is 2.12 bits per heavy atom. The first kappa shape index (κ1) is 19.6. The maximum absolute atomic E-state index is 12.1. The minimum atomic E-state index is -4.20. The van der Waals surface area contributed by atoms with Crippen LogP contribution >= 0.6 is 34.8 Å². The van der Waals surface area contributed by atoms with Crippen LogP contribution in [0.1, 0.15) is 23.6 Å². The highest BCUT2D eigenvalue weighted by molar-refractivity contribution is 7.84. The number of aryl methyl sites for hydroxylation is 1. The monoisotopic (exact) mass is 412 g/mol. The van der Waals surface area contributed by atoms with E-state index in [0.29, 0.717) is 24.2 Å². The number of nitriles is 1. The molecule has 1 aromatic carbocycles. The molecule has 0 spiro atoms. The summed E-state index contributed by atoms with van der Waals surface area (Å²) in [6.07, 6.45) is 1.16. The molecular weight excluding hydrogens is 399 g/mol. The van der Waals surface area contributed by atoms with Gasteiger partial charge in [0.1, 0.15) is 12.4 Å². The SMILES string of the molecule is COc1ccc2c(c1)CC[C@@H](C#N)[C@@H]2NS(=O)(=O)OCC(Cl)(Cl)Cl. The molecule has 0 aliphatic heterocycles. The third-order valence-corrected chi connectivity index (χ3v) is 4.93. The molecule has 0 bridgehead atoms. The number of fused-ring (bicyclic) bond motifs is 1. The first-order chi connectivity index (χ1) is 11.1. The molecule has 0 saturated heterocycles. The summed E-state index contributed by atoms with van der Waals surface area (Å²) in [6.45, 7) is -0.633. The molecule has 10 heteroatoms. The highest BCUT2D eigenvalue weighted by Gasteiger charge is 2.34. The third kappa shape index (κ3) is 5.12. The van der Waals surface area contributed by atoms with Crippen molar-refractivity contribution in [2.45, 2.75) is 22.7 Å². The van der Waals surface area contributed by atoms with Gasteiger partial charge in [-0.05, 0) is 36.1 Å². The van der Waals surface area contributed by atoms with Crippen molar-refractivity contribution in [1.82, 2.24) is 4.72 Å². The lowest BCUT2D eigenvalue weighted by atomic mass is 9.81. The molecule has 2 atom stereocenters. The number of hydrogen-bond donors (Lipinski definition) is 1. The van der Waals surface area contributed by atoms with Crippen molar-refractivity contribution in [2.75, 3.05) is 13.7 Å². The van der Waals surface area contributed by atoms with Crippen molar-refractivity contribution in [3.63, 3.8) is 0 Å². The van der Waals surface area contributed by atoms with Gasteiger partial charge in [-0.2, -0.15) is 18.4 Å². The zero-order chi connectivity index (χ0) is 18.0. The summed E-state index contributed by atoms with van der Waals surface area (Å²) in [4.78, 5) is 0. The highest BCUT2D eigenvalue weighted by atomic mass is 35.6. The van der Waals surface area contributed by atoms with Crippen molar-refractivity contribution < 1.29 is 17.3 Å². The normalized spacial score (nSPS) is 21.0. The molecule has 6 nitrogen and oxygen atoms in total. The van der Waals surface area contributed by atoms with E-state index in [0.717, 1.165) is 5.56 Å². The number of nitrogens with zero attached hydrogens (tertiary/aromatic N) is 1. The first-order valence-corrected chi connectivity index (χ1v) is 9.49. The van der Waals surface area contributed by atoms with Crippen LogP contribution in [-0.2, 0) is 20.9 Å². The summed E-state index contributed by atoms with van der Waals surface area (Å²) in [5.41, 5.74) is 1.62. The molecule has 1 aliphatic carbocycles. The second-order valence-electron chi connectivity index (χ2n) is 5.27. The maximum atomic E-state index is 12.1. The molecule has 24 heavy (non-hydrogen) atoms. The van der Waals surface area contributed by atoms with Gasteiger partial charge >= 0.3 is 10.3 Å². The van der Waals surface area contributed by atoms with Crippen LogP contribution in [0.5, 0.6) is 5.75 Å². The topological polar surface area (TPSA) is 88.4 Å². The molecule has 0 aromatic heterocycles. The average molecular weight is 414 g/mol. The maximum Gasteiger partial charge on any atom is 0.336 e. The standard InChI is InChI=1S/C14H15Cl3N2O4S/c1-22-11-4-5-12-9(6-11)2-3-10(7-18)13(12)19-24(20,21)23-8-14(15,16)17/h4-6,10,13,19H,2-3,8H2,1H3/t10-,13-/m0/s1. The summed E-state index contributed by atoms with van der Waals surface area (Å²) in [7, 11) is -2.65. The fourth-order valence-corrected chi connectivity index (χ4v) is 3.90. The van der Waals surface area contributed by atoms with E-state index >= 15 is 0 Å². The number of rotatable bonds is 5. The Labute approximate surface area is 155 Å². The summed E-state index contributed by atoms with van der Waals surface area (Å²) in [5, 5.41) is 9.33. The van der Waals surface area contributed by atoms with Crippen molar-refractivity contribution >= 4 is 45.1 Å². The van der Waals surface area contributed by atoms with Gasteiger partial charge in [0.15, 0.2) is 0 Å². The van der Waals surface area contributed by atoms with Gasteiger partial charge in [0.2, 0.25) is 3.79 Å². The quantitative estimate of drug-likeness (QED) is 0.750. The number of ether oxygens (including phenoxy) is 1. The number of nitrogens with one attached hydrogen (secondary N) is 1. The van der Waals surface area contributed by atoms with Gasteiger partial charge in [-0.1, -0.05) is 40.9 Å². The van der Waals surface area contributed by atoms with Crippen LogP contribution in [0.4, 0.5) is 0 Å². The van der Waals surface area contributed by atoms with E-state index in [4.69, 9.17) is 39.5 Å². The number of benzene rings is 1. The van der Waals surface area contributed by atoms with Gasteiger partial charge in [-0.15, -0.1) is 0 Å². The Hall–Kier alpha value is -0.750. The van der Waals surface area contributed by atoms with Crippen molar-refractivity contribution in [1.29, 1.82) is 5.26 Å². The van der Waals surface area contributed by atoms with Crippen LogP contribution in [0.3, 0.4) is 0 Å². The summed E-state index contributed by atoms with van der Waals surface area (Å²) in [6, 6.07) is 6.65. The van der Waals surface area contributed by atoms with Crippen LogP contribution in [-0.4, -0.2) is 25.9 Å². The van der Waals surface area contributed by atoms with E-state index in [9.17, 15) is 13.7 Å². The van der Waals surface area contributed by atoms with Crippen LogP contribution in [0.25, 0.3) is 0 Å². The van der Waals surface area contributed by atoms with Gasteiger partial charge in [0.05, 0.1) is 25.1 Å². The Morgan fingerprint density at radius 1 is 1.42 bits per heavy atom. The van der Waals surface area contributed by atoms with E-state index in [1.54, 1.807) is 19.2 Å². The van der Waals surface area contributed by atoms with Crippen molar-refractivity contribution in [3.05, 3.63) is 29.3 Å². The van der Waals surface area contributed by atoms with E-state index in [-0.39, 0.29) is 0 Å². The lowest BCUT2D eigenvalue weighted by Gasteiger charge is -2.30. The molecule has 132 valence electrons. The second kappa shape index (κ2) is 7.65. The smallest absolute Gasteiger partial charge is 0.336 e. The van der Waals surface area contributed by atoms with E-state index < -0.39 is 32.7 Å².